The summed E-state index contributed by atoms with van der Waals surface area (Å²) in [5, 5.41) is 8.01. The van der Waals surface area contributed by atoms with Crippen molar-refractivity contribution in [3.8, 4) is 16.8 Å². The average Bonchev–Trinajstić information content (AvgIpc) is 3.20. The zero-order chi connectivity index (χ0) is 20.2. The van der Waals surface area contributed by atoms with Gasteiger partial charge in [-0.3, -0.25) is 4.79 Å². The van der Waals surface area contributed by atoms with E-state index in [1.807, 2.05) is 31.6 Å². The maximum absolute atomic E-state index is 12.0. The van der Waals surface area contributed by atoms with Gasteiger partial charge < -0.3 is 14.6 Å². The summed E-state index contributed by atoms with van der Waals surface area (Å²) in [5.41, 5.74) is 3.89. The number of aryl methyl sites for hydroxylation is 2. The van der Waals surface area contributed by atoms with Crippen molar-refractivity contribution in [3.63, 3.8) is 0 Å². The number of pyridine rings is 2. The van der Waals surface area contributed by atoms with Crippen LogP contribution in [0.3, 0.4) is 0 Å². The van der Waals surface area contributed by atoms with Gasteiger partial charge in [0.05, 0.1) is 11.9 Å². The Labute approximate surface area is 170 Å². The van der Waals surface area contributed by atoms with Gasteiger partial charge in [0, 0.05) is 61.1 Å². The summed E-state index contributed by atoms with van der Waals surface area (Å²) < 4.78 is 8.94. The van der Waals surface area contributed by atoms with E-state index < -0.39 is 0 Å². The fraction of sp³-hybridized carbons (Fsp3) is 0.409. The van der Waals surface area contributed by atoms with Crippen LogP contribution in [-0.4, -0.2) is 38.6 Å². The molecule has 0 aliphatic carbocycles. The zero-order valence-electron chi connectivity index (χ0n) is 17.0. The maximum Gasteiger partial charge on any atom is 0.250 e. The van der Waals surface area contributed by atoms with Gasteiger partial charge in [-0.2, -0.15) is 5.10 Å². The van der Waals surface area contributed by atoms with E-state index in [2.05, 4.69) is 23.4 Å². The Kier molecular flexibility index (Phi) is 5.76. The Morgan fingerprint density at radius 1 is 1.17 bits per heavy atom. The van der Waals surface area contributed by atoms with Gasteiger partial charge in [0.2, 0.25) is 0 Å². The van der Waals surface area contributed by atoms with Gasteiger partial charge in [-0.1, -0.05) is 6.92 Å². The van der Waals surface area contributed by atoms with E-state index in [1.165, 1.54) is 0 Å². The van der Waals surface area contributed by atoms with E-state index in [0.717, 1.165) is 60.8 Å². The first-order chi connectivity index (χ1) is 14.1. The first-order valence-electron chi connectivity index (χ1n) is 10.2. The molecule has 0 unspecified atom stereocenters. The van der Waals surface area contributed by atoms with E-state index in [4.69, 9.17) is 9.72 Å². The summed E-state index contributed by atoms with van der Waals surface area (Å²) in [7, 11) is 0. The van der Waals surface area contributed by atoms with Gasteiger partial charge in [-0.25, -0.2) is 9.67 Å². The standard InChI is InChI=1S/C22H27N5O2/c1-3-10-26-15-19(4-7-22(26)28)27-14-17(13-23-27)20-5-6-21(24-16(20)2)25-18-8-11-29-12-9-18/h4-7,13-15,18H,3,8-12H2,1-2H3,(H,24,25). The number of anilines is 1. The van der Waals surface area contributed by atoms with Crippen molar-refractivity contribution < 1.29 is 4.74 Å². The second-order valence-corrected chi connectivity index (χ2v) is 7.45. The molecule has 0 aromatic carbocycles. The molecule has 1 aliphatic rings. The fourth-order valence-corrected chi connectivity index (χ4v) is 3.67. The van der Waals surface area contributed by atoms with Gasteiger partial charge >= 0.3 is 0 Å². The van der Waals surface area contributed by atoms with Crippen molar-refractivity contribution in [2.75, 3.05) is 18.5 Å². The maximum atomic E-state index is 12.0. The van der Waals surface area contributed by atoms with Crippen LogP contribution in [0.15, 0.2) is 47.7 Å². The van der Waals surface area contributed by atoms with Crippen LogP contribution in [0.2, 0.25) is 0 Å². The highest BCUT2D eigenvalue weighted by atomic mass is 16.5. The molecule has 1 N–H and O–H groups in total. The molecule has 1 fully saturated rings. The van der Waals surface area contributed by atoms with Gasteiger partial charge in [0.15, 0.2) is 0 Å². The van der Waals surface area contributed by atoms with E-state index in [0.29, 0.717) is 12.6 Å². The van der Waals surface area contributed by atoms with Crippen LogP contribution in [0.4, 0.5) is 5.82 Å². The number of ether oxygens (including phenoxy) is 1. The van der Waals surface area contributed by atoms with Gasteiger partial charge in [0.1, 0.15) is 5.82 Å². The molecule has 3 aromatic heterocycles. The molecular formula is C22H27N5O2. The highest BCUT2D eigenvalue weighted by Crippen LogP contribution is 2.25. The third-order valence-corrected chi connectivity index (χ3v) is 5.25. The highest BCUT2D eigenvalue weighted by Gasteiger charge is 2.15. The summed E-state index contributed by atoms with van der Waals surface area (Å²) in [6.45, 7) is 6.38. The van der Waals surface area contributed by atoms with E-state index in [1.54, 1.807) is 21.4 Å². The lowest BCUT2D eigenvalue weighted by Crippen LogP contribution is -2.28. The van der Waals surface area contributed by atoms with Crippen LogP contribution in [0.1, 0.15) is 31.9 Å². The SMILES string of the molecule is CCCn1cc(-n2cc(-c3ccc(NC4CCOCC4)nc3C)cn2)ccc1=O. The Morgan fingerprint density at radius 2 is 2.00 bits per heavy atom. The van der Waals surface area contributed by atoms with Crippen LogP contribution in [0.25, 0.3) is 16.8 Å². The molecule has 1 aliphatic heterocycles. The van der Waals surface area contributed by atoms with Gasteiger partial charge in [0.25, 0.3) is 5.56 Å². The lowest BCUT2D eigenvalue weighted by atomic mass is 10.1. The molecule has 0 saturated carbocycles. The lowest BCUT2D eigenvalue weighted by molar-refractivity contribution is 0.0904. The van der Waals surface area contributed by atoms with Crippen molar-refractivity contribution in [3.05, 3.63) is 58.9 Å². The third-order valence-electron chi connectivity index (χ3n) is 5.25. The minimum absolute atomic E-state index is 0.00985. The van der Waals surface area contributed by atoms with E-state index in [9.17, 15) is 4.79 Å². The quantitative estimate of drug-likeness (QED) is 0.695. The van der Waals surface area contributed by atoms with E-state index in [-0.39, 0.29) is 5.56 Å². The molecule has 7 nitrogen and oxygen atoms in total. The molecule has 7 heteroatoms. The summed E-state index contributed by atoms with van der Waals surface area (Å²) in [4.78, 5) is 16.7. The molecule has 0 atom stereocenters. The lowest BCUT2D eigenvalue weighted by Gasteiger charge is -2.23. The topological polar surface area (TPSA) is 74.0 Å². The molecule has 1 saturated heterocycles. The van der Waals surface area contributed by atoms with Crippen LogP contribution in [-0.2, 0) is 11.3 Å². The van der Waals surface area contributed by atoms with Crippen LogP contribution < -0.4 is 10.9 Å². The first-order valence-corrected chi connectivity index (χ1v) is 10.2. The average molecular weight is 393 g/mol. The largest absolute Gasteiger partial charge is 0.381 e. The number of hydrogen-bond donors (Lipinski definition) is 1. The number of hydrogen-bond acceptors (Lipinski definition) is 5. The molecule has 3 aromatic rings. The molecule has 0 spiro atoms. The summed E-state index contributed by atoms with van der Waals surface area (Å²) >= 11 is 0. The number of aromatic nitrogens is 4. The molecule has 29 heavy (non-hydrogen) atoms. The number of nitrogens with one attached hydrogen (secondary N) is 1. The molecule has 152 valence electrons. The third kappa shape index (κ3) is 4.40. The molecule has 0 bridgehead atoms. The van der Waals surface area contributed by atoms with Crippen molar-refractivity contribution >= 4 is 5.82 Å². The van der Waals surface area contributed by atoms with Crippen LogP contribution in [0, 0.1) is 6.92 Å². The fourth-order valence-electron chi connectivity index (χ4n) is 3.67. The molecule has 0 radical (unpaired) electrons. The minimum Gasteiger partial charge on any atom is -0.381 e. The van der Waals surface area contributed by atoms with Gasteiger partial charge in [-0.05, 0) is 44.4 Å². The Bertz CT molecular complexity index is 1030. The highest BCUT2D eigenvalue weighted by molar-refractivity contribution is 5.66. The van der Waals surface area contributed by atoms with Crippen LogP contribution >= 0.6 is 0 Å². The van der Waals surface area contributed by atoms with Crippen molar-refractivity contribution in [2.45, 2.75) is 45.7 Å². The minimum atomic E-state index is 0.00985. The number of rotatable bonds is 6. The molecular weight excluding hydrogens is 366 g/mol. The summed E-state index contributed by atoms with van der Waals surface area (Å²) in [6, 6.07) is 7.93. The predicted molar refractivity (Wildman–Crippen MR) is 114 cm³/mol. The molecule has 0 amide bonds. The second kappa shape index (κ2) is 8.61. The molecule has 4 rings (SSSR count). The Balaban J connectivity index is 1.54. The van der Waals surface area contributed by atoms with Gasteiger partial charge in [-0.15, -0.1) is 0 Å². The summed E-state index contributed by atoms with van der Waals surface area (Å²) in [5.74, 6) is 0.900. The van der Waals surface area contributed by atoms with Crippen molar-refractivity contribution in [1.29, 1.82) is 0 Å². The van der Waals surface area contributed by atoms with E-state index >= 15 is 0 Å². The monoisotopic (exact) mass is 393 g/mol. The van der Waals surface area contributed by atoms with Crippen molar-refractivity contribution in [2.24, 2.45) is 0 Å². The zero-order valence-corrected chi connectivity index (χ0v) is 17.0. The normalized spacial score (nSPS) is 14.8. The number of nitrogens with zero attached hydrogens (tertiary/aromatic N) is 4. The Hall–Kier alpha value is -2.93. The summed E-state index contributed by atoms with van der Waals surface area (Å²) in [6.07, 6.45) is 8.60. The Morgan fingerprint density at radius 3 is 2.76 bits per heavy atom. The smallest absolute Gasteiger partial charge is 0.250 e. The predicted octanol–water partition coefficient (Wildman–Crippen LogP) is 3.41. The van der Waals surface area contributed by atoms with Crippen LogP contribution in [0.5, 0.6) is 0 Å². The molecule has 4 heterocycles. The first kappa shape index (κ1) is 19.4. The van der Waals surface area contributed by atoms with Crippen molar-refractivity contribution in [1.82, 2.24) is 19.3 Å². The second-order valence-electron chi connectivity index (χ2n) is 7.45.